The molecule has 0 unspecified atom stereocenters. The fourth-order valence-electron chi connectivity index (χ4n) is 2.06. The SMILES string of the molecule is O=C(OCc1cc(Cl)c2c(c1)OCCCO2)C1=COCCO1. The number of halogens is 1. The Labute approximate surface area is 132 Å². The topological polar surface area (TPSA) is 63.2 Å². The summed E-state index contributed by atoms with van der Waals surface area (Å²) in [5.74, 6) is 0.572. The summed E-state index contributed by atoms with van der Waals surface area (Å²) in [6.45, 7) is 1.93. The van der Waals surface area contributed by atoms with Crippen LogP contribution in [0.25, 0.3) is 0 Å². The molecule has 22 heavy (non-hydrogen) atoms. The molecule has 0 radical (unpaired) electrons. The molecule has 0 aromatic heterocycles. The quantitative estimate of drug-likeness (QED) is 0.795. The van der Waals surface area contributed by atoms with Crippen LogP contribution in [-0.2, 0) is 25.6 Å². The van der Waals surface area contributed by atoms with Gasteiger partial charge in [-0.3, -0.25) is 0 Å². The molecule has 0 N–H and O–H groups in total. The van der Waals surface area contributed by atoms with E-state index in [-0.39, 0.29) is 12.4 Å². The lowest BCUT2D eigenvalue weighted by atomic mass is 10.2. The molecular weight excluding hydrogens is 312 g/mol. The summed E-state index contributed by atoms with van der Waals surface area (Å²) in [6, 6.07) is 3.45. The van der Waals surface area contributed by atoms with Crippen LogP contribution < -0.4 is 9.47 Å². The van der Waals surface area contributed by atoms with Crippen LogP contribution in [0.3, 0.4) is 0 Å². The Kier molecular flexibility index (Phi) is 4.58. The average molecular weight is 327 g/mol. The number of hydrogen-bond donors (Lipinski definition) is 0. The van der Waals surface area contributed by atoms with Gasteiger partial charge in [0.15, 0.2) is 11.5 Å². The lowest BCUT2D eigenvalue weighted by molar-refractivity contribution is -0.145. The number of benzene rings is 1. The maximum Gasteiger partial charge on any atom is 0.377 e. The van der Waals surface area contributed by atoms with E-state index in [4.69, 9.17) is 35.3 Å². The molecule has 3 rings (SSSR count). The van der Waals surface area contributed by atoms with Gasteiger partial charge in [0.1, 0.15) is 26.1 Å². The van der Waals surface area contributed by atoms with E-state index in [1.54, 1.807) is 12.1 Å². The molecule has 0 spiro atoms. The first-order valence-corrected chi connectivity index (χ1v) is 7.31. The fourth-order valence-corrected chi connectivity index (χ4v) is 2.35. The van der Waals surface area contributed by atoms with Crippen molar-refractivity contribution in [1.82, 2.24) is 0 Å². The highest BCUT2D eigenvalue weighted by Crippen LogP contribution is 2.38. The second-order valence-corrected chi connectivity index (χ2v) is 5.14. The van der Waals surface area contributed by atoms with Crippen molar-refractivity contribution in [2.75, 3.05) is 26.4 Å². The molecule has 2 heterocycles. The molecule has 7 heteroatoms. The number of hydrogen-bond acceptors (Lipinski definition) is 6. The Balaban J connectivity index is 1.68. The fraction of sp³-hybridized carbons (Fsp3) is 0.400. The van der Waals surface area contributed by atoms with E-state index in [2.05, 4.69) is 0 Å². The van der Waals surface area contributed by atoms with Crippen molar-refractivity contribution < 1.29 is 28.5 Å². The zero-order chi connectivity index (χ0) is 15.4. The van der Waals surface area contributed by atoms with Crippen LogP contribution in [0, 0.1) is 0 Å². The Morgan fingerprint density at radius 2 is 2.00 bits per heavy atom. The van der Waals surface area contributed by atoms with Crippen LogP contribution in [0.2, 0.25) is 5.02 Å². The van der Waals surface area contributed by atoms with Gasteiger partial charge in [-0.15, -0.1) is 0 Å². The van der Waals surface area contributed by atoms with Crippen LogP contribution in [-0.4, -0.2) is 32.4 Å². The molecule has 0 atom stereocenters. The Hall–Kier alpha value is -2.08. The third kappa shape index (κ3) is 3.39. The number of carbonyl (C=O) groups excluding carboxylic acids is 1. The van der Waals surface area contributed by atoms with Gasteiger partial charge in [0, 0.05) is 6.42 Å². The van der Waals surface area contributed by atoms with Gasteiger partial charge in [0.25, 0.3) is 0 Å². The third-order valence-electron chi connectivity index (χ3n) is 3.08. The van der Waals surface area contributed by atoms with Crippen molar-refractivity contribution >= 4 is 17.6 Å². The first kappa shape index (κ1) is 14.8. The van der Waals surface area contributed by atoms with Gasteiger partial charge in [0.05, 0.1) is 18.2 Å². The van der Waals surface area contributed by atoms with Gasteiger partial charge in [-0.2, -0.15) is 0 Å². The van der Waals surface area contributed by atoms with E-state index in [1.165, 1.54) is 6.26 Å². The molecule has 0 bridgehead atoms. The van der Waals surface area contributed by atoms with Gasteiger partial charge < -0.3 is 23.7 Å². The lowest BCUT2D eigenvalue weighted by Crippen LogP contribution is -2.17. The van der Waals surface area contributed by atoms with Crippen LogP contribution in [0.15, 0.2) is 24.2 Å². The summed E-state index contributed by atoms with van der Waals surface area (Å²) >= 11 is 6.18. The molecule has 0 saturated heterocycles. The van der Waals surface area contributed by atoms with E-state index in [0.29, 0.717) is 48.5 Å². The standard InChI is InChI=1S/C15H15ClO6/c16-11-6-10(7-12-14(11)21-3-1-2-19-12)8-22-15(17)13-9-18-4-5-20-13/h6-7,9H,1-5,8H2. The van der Waals surface area contributed by atoms with E-state index < -0.39 is 5.97 Å². The summed E-state index contributed by atoms with van der Waals surface area (Å²) in [5.41, 5.74) is 0.708. The molecule has 0 aliphatic carbocycles. The second-order valence-electron chi connectivity index (χ2n) is 4.73. The van der Waals surface area contributed by atoms with E-state index >= 15 is 0 Å². The minimum absolute atomic E-state index is 0.0515. The van der Waals surface area contributed by atoms with Gasteiger partial charge in [-0.05, 0) is 17.7 Å². The normalized spacial score (nSPS) is 16.7. The molecule has 2 aliphatic rings. The molecule has 1 aromatic rings. The summed E-state index contributed by atoms with van der Waals surface area (Å²) in [4.78, 5) is 11.8. The van der Waals surface area contributed by atoms with Crippen molar-refractivity contribution in [2.24, 2.45) is 0 Å². The second kappa shape index (κ2) is 6.79. The Morgan fingerprint density at radius 3 is 2.82 bits per heavy atom. The molecule has 0 amide bonds. The van der Waals surface area contributed by atoms with Crippen molar-refractivity contribution in [3.8, 4) is 11.5 Å². The summed E-state index contributed by atoms with van der Waals surface area (Å²) in [6.07, 6.45) is 2.05. The highest BCUT2D eigenvalue weighted by Gasteiger charge is 2.19. The predicted octanol–water partition coefficient (Wildman–Crippen LogP) is 2.43. The molecule has 0 saturated carbocycles. The van der Waals surface area contributed by atoms with Crippen molar-refractivity contribution in [1.29, 1.82) is 0 Å². The van der Waals surface area contributed by atoms with Crippen LogP contribution >= 0.6 is 11.6 Å². The zero-order valence-electron chi connectivity index (χ0n) is 11.8. The van der Waals surface area contributed by atoms with E-state index in [1.807, 2.05) is 0 Å². The van der Waals surface area contributed by atoms with Crippen LogP contribution in [0.4, 0.5) is 0 Å². The largest absolute Gasteiger partial charge is 0.493 e. The predicted molar refractivity (Wildman–Crippen MR) is 76.8 cm³/mol. The van der Waals surface area contributed by atoms with Crippen molar-refractivity contribution in [3.63, 3.8) is 0 Å². The lowest BCUT2D eigenvalue weighted by Gasteiger charge is -2.15. The van der Waals surface area contributed by atoms with Crippen molar-refractivity contribution in [2.45, 2.75) is 13.0 Å². The number of carbonyl (C=O) groups is 1. The maximum atomic E-state index is 11.8. The summed E-state index contributed by atoms with van der Waals surface area (Å²) in [5, 5.41) is 0.432. The molecule has 6 nitrogen and oxygen atoms in total. The molecule has 1 aromatic carbocycles. The monoisotopic (exact) mass is 326 g/mol. The Morgan fingerprint density at radius 1 is 1.14 bits per heavy atom. The smallest absolute Gasteiger partial charge is 0.377 e. The molecule has 0 fully saturated rings. The van der Waals surface area contributed by atoms with Crippen LogP contribution in [0.5, 0.6) is 11.5 Å². The number of rotatable bonds is 3. The highest BCUT2D eigenvalue weighted by atomic mass is 35.5. The average Bonchev–Trinajstić information content (AvgIpc) is 2.79. The summed E-state index contributed by atoms with van der Waals surface area (Å²) in [7, 11) is 0. The number of fused-ring (bicyclic) bond motifs is 1. The Bertz CT molecular complexity index is 598. The number of esters is 1. The highest BCUT2D eigenvalue weighted by molar-refractivity contribution is 6.32. The summed E-state index contributed by atoms with van der Waals surface area (Å²) < 4.78 is 26.5. The number of ether oxygens (including phenoxy) is 5. The van der Waals surface area contributed by atoms with Gasteiger partial charge in [-0.1, -0.05) is 11.6 Å². The minimum atomic E-state index is -0.581. The van der Waals surface area contributed by atoms with Crippen molar-refractivity contribution in [3.05, 3.63) is 34.7 Å². The van der Waals surface area contributed by atoms with Gasteiger partial charge >= 0.3 is 5.97 Å². The van der Waals surface area contributed by atoms with Gasteiger partial charge in [-0.25, -0.2) is 4.79 Å². The van der Waals surface area contributed by atoms with Crippen LogP contribution in [0.1, 0.15) is 12.0 Å². The first-order valence-electron chi connectivity index (χ1n) is 6.94. The van der Waals surface area contributed by atoms with Gasteiger partial charge in [0.2, 0.25) is 5.76 Å². The third-order valence-corrected chi connectivity index (χ3v) is 3.36. The maximum absolute atomic E-state index is 11.8. The van der Waals surface area contributed by atoms with E-state index in [0.717, 1.165) is 6.42 Å². The molecule has 118 valence electrons. The van der Waals surface area contributed by atoms with E-state index in [9.17, 15) is 4.79 Å². The molecule has 2 aliphatic heterocycles. The minimum Gasteiger partial charge on any atom is -0.493 e. The zero-order valence-corrected chi connectivity index (χ0v) is 12.6. The molecular formula is C15H15ClO6. The first-order chi connectivity index (χ1) is 10.7.